The smallest absolute Gasteiger partial charge is 0.253 e. The Morgan fingerprint density at radius 2 is 1.96 bits per heavy atom. The van der Waals surface area contributed by atoms with Crippen molar-refractivity contribution in [2.75, 3.05) is 10.5 Å². The number of nitrogens with one attached hydrogen (secondary N) is 2. The molecule has 28 heavy (non-hydrogen) atoms. The highest BCUT2D eigenvalue weighted by molar-refractivity contribution is 7.92. The fraction of sp³-hybridized carbons (Fsp3) is 0.211. The number of amides is 1. The molecule has 0 unspecified atom stereocenters. The van der Waals surface area contributed by atoms with Crippen molar-refractivity contribution in [1.29, 1.82) is 0 Å². The molecule has 9 heteroatoms. The zero-order valence-electron chi connectivity index (χ0n) is 15.5. The van der Waals surface area contributed by atoms with Crippen LogP contribution < -0.4 is 10.0 Å². The van der Waals surface area contributed by atoms with Gasteiger partial charge in [-0.25, -0.2) is 13.4 Å². The number of pyridine rings is 1. The Morgan fingerprint density at radius 1 is 1.18 bits per heavy atom. The van der Waals surface area contributed by atoms with E-state index < -0.39 is 10.0 Å². The van der Waals surface area contributed by atoms with Crippen LogP contribution in [-0.4, -0.2) is 30.0 Å². The predicted octanol–water partition coefficient (Wildman–Crippen LogP) is 2.74. The molecule has 2 N–H and O–H groups in total. The summed E-state index contributed by atoms with van der Waals surface area (Å²) >= 11 is 0. The molecule has 0 saturated carbocycles. The minimum absolute atomic E-state index is 0.0441. The number of carbonyl (C=O) groups is 1. The summed E-state index contributed by atoms with van der Waals surface area (Å²) in [5, 5.41) is 2.77. The largest absolute Gasteiger partial charge is 0.441 e. The van der Waals surface area contributed by atoms with E-state index in [1.165, 1.54) is 6.20 Å². The molecule has 1 aromatic carbocycles. The second-order valence-electron chi connectivity index (χ2n) is 6.00. The van der Waals surface area contributed by atoms with Crippen molar-refractivity contribution in [2.24, 2.45) is 0 Å². The van der Waals surface area contributed by atoms with Crippen molar-refractivity contribution in [3.05, 3.63) is 65.8 Å². The van der Waals surface area contributed by atoms with Gasteiger partial charge in [0.15, 0.2) is 0 Å². The molecule has 8 nitrogen and oxygen atoms in total. The molecule has 1 amide bonds. The highest BCUT2D eigenvalue weighted by atomic mass is 32.2. The summed E-state index contributed by atoms with van der Waals surface area (Å²) in [5.41, 5.74) is 1.91. The number of rotatable bonds is 7. The third kappa shape index (κ3) is 4.55. The van der Waals surface area contributed by atoms with E-state index in [2.05, 4.69) is 20.0 Å². The Balaban J connectivity index is 1.80. The lowest BCUT2D eigenvalue weighted by Crippen LogP contribution is -2.23. The molecule has 0 aliphatic rings. The van der Waals surface area contributed by atoms with Crippen LogP contribution in [0.3, 0.4) is 0 Å². The van der Waals surface area contributed by atoms with Crippen molar-refractivity contribution < 1.29 is 17.6 Å². The Hall–Kier alpha value is -3.20. The van der Waals surface area contributed by atoms with Gasteiger partial charge < -0.3 is 9.73 Å². The van der Waals surface area contributed by atoms with Gasteiger partial charge in [-0.05, 0) is 38.1 Å². The van der Waals surface area contributed by atoms with Gasteiger partial charge in [0.05, 0.1) is 29.1 Å². The number of oxazole rings is 1. The maximum Gasteiger partial charge on any atom is 0.253 e. The standard InChI is InChI=1S/C19H20N4O4S/c1-3-28(25,26)23-16-9-5-4-8-15(16)19-22-17(13(2)27-19)12-21-18(24)14-7-6-10-20-11-14/h4-11,23H,3,12H2,1-2H3,(H,21,24). The molecule has 0 atom stereocenters. The van der Waals surface area contributed by atoms with Gasteiger partial charge in [0.2, 0.25) is 15.9 Å². The van der Waals surface area contributed by atoms with Gasteiger partial charge in [0.1, 0.15) is 11.5 Å². The summed E-state index contributed by atoms with van der Waals surface area (Å²) < 4.78 is 32.1. The Kier molecular flexibility index (Phi) is 5.74. The Bertz CT molecular complexity index is 1080. The van der Waals surface area contributed by atoms with E-state index in [9.17, 15) is 13.2 Å². The average molecular weight is 400 g/mol. The van der Waals surface area contributed by atoms with E-state index in [0.717, 1.165) is 0 Å². The zero-order valence-corrected chi connectivity index (χ0v) is 16.3. The number of sulfonamides is 1. The maximum atomic E-state index is 12.2. The molecule has 3 rings (SSSR count). The SMILES string of the molecule is CCS(=O)(=O)Nc1ccccc1-c1nc(CNC(=O)c2cccnc2)c(C)o1. The van der Waals surface area contributed by atoms with Gasteiger partial charge in [0.25, 0.3) is 5.91 Å². The summed E-state index contributed by atoms with van der Waals surface area (Å²) in [5.74, 6) is 0.498. The van der Waals surface area contributed by atoms with Gasteiger partial charge in [-0.3, -0.25) is 14.5 Å². The number of aromatic nitrogens is 2. The number of aryl methyl sites for hydroxylation is 1. The second-order valence-corrected chi connectivity index (χ2v) is 8.01. The molecule has 0 aliphatic heterocycles. The number of anilines is 1. The molecule has 0 radical (unpaired) electrons. The fourth-order valence-corrected chi connectivity index (χ4v) is 3.13. The van der Waals surface area contributed by atoms with Crippen LogP contribution in [-0.2, 0) is 16.6 Å². The second kappa shape index (κ2) is 8.22. The van der Waals surface area contributed by atoms with E-state index in [1.807, 2.05) is 0 Å². The number of benzene rings is 1. The molecule has 3 aromatic rings. The lowest BCUT2D eigenvalue weighted by atomic mass is 10.2. The molecular formula is C19H20N4O4S. The molecule has 2 aromatic heterocycles. The van der Waals surface area contributed by atoms with Crippen LogP contribution in [0.1, 0.15) is 28.7 Å². The van der Waals surface area contributed by atoms with E-state index in [1.54, 1.807) is 56.4 Å². The number of hydrogen-bond acceptors (Lipinski definition) is 6. The summed E-state index contributed by atoms with van der Waals surface area (Å²) in [6.45, 7) is 3.47. The lowest BCUT2D eigenvalue weighted by molar-refractivity contribution is 0.0950. The van der Waals surface area contributed by atoms with Crippen LogP contribution in [0, 0.1) is 6.92 Å². The first-order valence-electron chi connectivity index (χ1n) is 8.64. The minimum atomic E-state index is -3.44. The van der Waals surface area contributed by atoms with Crippen LogP contribution >= 0.6 is 0 Å². The van der Waals surface area contributed by atoms with Crippen molar-refractivity contribution in [3.8, 4) is 11.5 Å². The van der Waals surface area contributed by atoms with Gasteiger partial charge in [-0.1, -0.05) is 12.1 Å². The number of para-hydroxylation sites is 1. The van der Waals surface area contributed by atoms with Crippen LogP contribution in [0.4, 0.5) is 5.69 Å². The van der Waals surface area contributed by atoms with Gasteiger partial charge >= 0.3 is 0 Å². The predicted molar refractivity (Wildman–Crippen MR) is 105 cm³/mol. The van der Waals surface area contributed by atoms with Gasteiger partial charge in [-0.15, -0.1) is 0 Å². The average Bonchev–Trinajstić information content (AvgIpc) is 3.07. The molecule has 0 spiro atoms. The topological polar surface area (TPSA) is 114 Å². The number of carbonyl (C=O) groups excluding carboxylic acids is 1. The molecule has 0 saturated heterocycles. The van der Waals surface area contributed by atoms with Crippen LogP contribution in [0.5, 0.6) is 0 Å². The Labute approximate surface area is 163 Å². The van der Waals surface area contributed by atoms with Crippen molar-refractivity contribution >= 4 is 21.6 Å². The minimum Gasteiger partial charge on any atom is -0.441 e. The highest BCUT2D eigenvalue weighted by Gasteiger charge is 2.17. The number of nitrogens with zero attached hydrogens (tertiary/aromatic N) is 2. The number of hydrogen-bond donors (Lipinski definition) is 2. The van der Waals surface area contributed by atoms with E-state index in [4.69, 9.17) is 4.42 Å². The van der Waals surface area contributed by atoms with Crippen molar-refractivity contribution in [1.82, 2.24) is 15.3 Å². The first kappa shape index (κ1) is 19.6. The molecule has 0 bridgehead atoms. The molecule has 2 heterocycles. The molecule has 0 fully saturated rings. The monoisotopic (exact) mass is 400 g/mol. The quantitative estimate of drug-likeness (QED) is 0.630. The van der Waals surface area contributed by atoms with Crippen LogP contribution in [0.25, 0.3) is 11.5 Å². The van der Waals surface area contributed by atoms with E-state index in [0.29, 0.717) is 28.3 Å². The highest BCUT2D eigenvalue weighted by Crippen LogP contribution is 2.29. The first-order chi connectivity index (χ1) is 13.4. The summed E-state index contributed by atoms with van der Waals surface area (Å²) in [6, 6.07) is 10.2. The molecule has 146 valence electrons. The fourth-order valence-electron chi connectivity index (χ4n) is 2.47. The van der Waals surface area contributed by atoms with Crippen LogP contribution in [0.2, 0.25) is 0 Å². The first-order valence-corrected chi connectivity index (χ1v) is 10.3. The van der Waals surface area contributed by atoms with Gasteiger partial charge in [-0.2, -0.15) is 0 Å². The third-order valence-corrected chi connectivity index (χ3v) is 5.33. The maximum absolute atomic E-state index is 12.2. The summed E-state index contributed by atoms with van der Waals surface area (Å²) in [4.78, 5) is 20.5. The molecule has 0 aliphatic carbocycles. The zero-order chi connectivity index (χ0) is 20.1. The van der Waals surface area contributed by atoms with Crippen LogP contribution in [0.15, 0.2) is 53.2 Å². The van der Waals surface area contributed by atoms with E-state index in [-0.39, 0.29) is 24.1 Å². The van der Waals surface area contributed by atoms with Gasteiger partial charge in [0, 0.05) is 12.4 Å². The van der Waals surface area contributed by atoms with Crippen molar-refractivity contribution in [3.63, 3.8) is 0 Å². The van der Waals surface area contributed by atoms with Crippen molar-refractivity contribution in [2.45, 2.75) is 20.4 Å². The summed E-state index contributed by atoms with van der Waals surface area (Å²) in [6.07, 6.45) is 3.07. The molecular weight excluding hydrogens is 380 g/mol. The Morgan fingerprint density at radius 3 is 2.68 bits per heavy atom. The normalized spacial score (nSPS) is 11.2. The lowest BCUT2D eigenvalue weighted by Gasteiger charge is -2.09. The third-order valence-electron chi connectivity index (χ3n) is 4.04. The summed E-state index contributed by atoms with van der Waals surface area (Å²) in [7, 11) is -3.44. The van der Waals surface area contributed by atoms with E-state index >= 15 is 0 Å².